The number of anilines is 6. The summed E-state index contributed by atoms with van der Waals surface area (Å²) >= 11 is 12.4. The number of rotatable bonds is 7. The van der Waals surface area contributed by atoms with Crippen molar-refractivity contribution in [3.05, 3.63) is 168 Å². The van der Waals surface area contributed by atoms with Crippen molar-refractivity contribution < 1.29 is 0 Å². The molecule has 0 bridgehead atoms. The maximum absolute atomic E-state index is 6.18. The molecule has 194 valence electrons. The lowest BCUT2D eigenvalue weighted by Crippen LogP contribution is -2.09. The average molecular weight is 558 g/mol. The van der Waals surface area contributed by atoms with Crippen LogP contribution in [0.5, 0.6) is 0 Å². The third kappa shape index (κ3) is 5.60. The molecule has 0 heterocycles. The minimum atomic E-state index is 0.705. The molecule has 4 heteroatoms. The monoisotopic (exact) mass is 556 g/mol. The predicted octanol–water partition coefficient (Wildman–Crippen LogP) is 11.6. The van der Waals surface area contributed by atoms with E-state index in [0.29, 0.717) is 10.0 Å². The number of nitrogens with zero attached hydrogens (tertiary/aromatic N) is 2. The zero-order valence-corrected chi connectivity index (χ0v) is 23.2. The van der Waals surface area contributed by atoms with Crippen molar-refractivity contribution in [2.24, 2.45) is 0 Å². The smallest absolute Gasteiger partial charge is 0.0462 e. The Balaban J connectivity index is 1.31. The Hall–Kier alpha value is -4.50. The van der Waals surface area contributed by atoms with Gasteiger partial charge in [0.25, 0.3) is 0 Å². The van der Waals surface area contributed by atoms with E-state index < -0.39 is 0 Å². The molecule has 0 aromatic heterocycles. The van der Waals surface area contributed by atoms with Gasteiger partial charge in [0.2, 0.25) is 0 Å². The fraction of sp³-hybridized carbons (Fsp3) is 0. The van der Waals surface area contributed by atoms with E-state index in [0.717, 1.165) is 45.3 Å². The third-order valence-corrected chi connectivity index (χ3v) is 7.29. The first-order valence-corrected chi connectivity index (χ1v) is 13.8. The summed E-state index contributed by atoms with van der Waals surface area (Å²) in [6.07, 6.45) is 0. The van der Waals surface area contributed by atoms with Gasteiger partial charge in [-0.25, -0.2) is 0 Å². The number of benzene rings is 6. The van der Waals surface area contributed by atoms with Gasteiger partial charge in [-0.05, 0) is 108 Å². The van der Waals surface area contributed by atoms with Crippen LogP contribution in [0, 0.1) is 0 Å². The van der Waals surface area contributed by atoms with Gasteiger partial charge in [0.1, 0.15) is 0 Å². The molecule has 0 aliphatic carbocycles. The Morgan fingerprint density at radius 1 is 0.275 bits per heavy atom. The molecule has 0 atom stereocenters. The summed E-state index contributed by atoms with van der Waals surface area (Å²) in [7, 11) is 0. The minimum Gasteiger partial charge on any atom is -0.311 e. The van der Waals surface area contributed by atoms with Crippen molar-refractivity contribution in [3.8, 4) is 11.1 Å². The maximum Gasteiger partial charge on any atom is 0.0462 e. The van der Waals surface area contributed by atoms with Gasteiger partial charge in [-0.1, -0.05) is 83.9 Å². The second-order valence-electron chi connectivity index (χ2n) is 9.39. The van der Waals surface area contributed by atoms with Crippen LogP contribution in [-0.4, -0.2) is 0 Å². The topological polar surface area (TPSA) is 6.48 Å². The van der Waals surface area contributed by atoms with E-state index in [9.17, 15) is 0 Å². The van der Waals surface area contributed by atoms with Crippen molar-refractivity contribution in [1.82, 2.24) is 0 Å². The molecule has 0 aliphatic heterocycles. The third-order valence-electron chi connectivity index (χ3n) is 6.78. The fourth-order valence-corrected chi connectivity index (χ4v) is 5.09. The van der Waals surface area contributed by atoms with Crippen molar-refractivity contribution in [1.29, 1.82) is 0 Å². The lowest BCUT2D eigenvalue weighted by molar-refractivity contribution is 1.28. The van der Waals surface area contributed by atoms with Crippen LogP contribution in [-0.2, 0) is 0 Å². The largest absolute Gasteiger partial charge is 0.311 e. The van der Waals surface area contributed by atoms with Crippen molar-refractivity contribution >= 4 is 57.3 Å². The highest BCUT2D eigenvalue weighted by Crippen LogP contribution is 2.38. The van der Waals surface area contributed by atoms with Gasteiger partial charge in [-0.3, -0.25) is 0 Å². The first kappa shape index (κ1) is 25.8. The normalized spacial score (nSPS) is 10.8. The van der Waals surface area contributed by atoms with E-state index in [1.807, 2.05) is 60.7 Å². The molecule has 0 spiro atoms. The Morgan fingerprint density at radius 2 is 0.525 bits per heavy atom. The molecule has 0 saturated heterocycles. The molecule has 6 aromatic carbocycles. The predicted molar refractivity (Wildman–Crippen MR) is 171 cm³/mol. The molecule has 0 fully saturated rings. The van der Waals surface area contributed by atoms with Crippen LogP contribution in [0.1, 0.15) is 0 Å². The number of halogens is 2. The summed E-state index contributed by atoms with van der Waals surface area (Å²) in [6, 6.07) is 53.9. The summed E-state index contributed by atoms with van der Waals surface area (Å²) in [4.78, 5) is 4.46. The summed E-state index contributed by atoms with van der Waals surface area (Å²) in [6.45, 7) is 0. The maximum atomic E-state index is 6.18. The van der Waals surface area contributed by atoms with Crippen LogP contribution in [0.3, 0.4) is 0 Å². The molecule has 0 N–H and O–H groups in total. The summed E-state index contributed by atoms with van der Waals surface area (Å²) < 4.78 is 0. The van der Waals surface area contributed by atoms with Crippen molar-refractivity contribution in [3.63, 3.8) is 0 Å². The summed E-state index contributed by atoms with van der Waals surface area (Å²) in [5, 5.41) is 1.41. The number of hydrogen-bond donors (Lipinski definition) is 0. The number of hydrogen-bond acceptors (Lipinski definition) is 2. The van der Waals surface area contributed by atoms with E-state index in [-0.39, 0.29) is 0 Å². The van der Waals surface area contributed by atoms with Crippen LogP contribution in [0.25, 0.3) is 11.1 Å². The molecule has 2 nitrogen and oxygen atoms in total. The van der Waals surface area contributed by atoms with E-state index in [4.69, 9.17) is 23.2 Å². The lowest BCUT2D eigenvalue weighted by atomic mass is 10.0. The Bertz CT molecular complexity index is 1580. The average Bonchev–Trinajstić information content (AvgIpc) is 3.01. The zero-order chi connectivity index (χ0) is 27.3. The fourth-order valence-electron chi connectivity index (χ4n) is 4.83. The van der Waals surface area contributed by atoms with E-state index in [2.05, 4.69) is 107 Å². The second-order valence-corrected chi connectivity index (χ2v) is 10.3. The molecule has 0 saturated carbocycles. The molecular weight excluding hydrogens is 531 g/mol. The van der Waals surface area contributed by atoms with E-state index >= 15 is 0 Å². The lowest BCUT2D eigenvalue weighted by Gasteiger charge is -2.26. The summed E-state index contributed by atoms with van der Waals surface area (Å²) in [5.74, 6) is 0. The number of para-hydroxylation sites is 2. The van der Waals surface area contributed by atoms with Gasteiger partial charge in [0, 0.05) is 44.2 Å². The highest BCUT2D eigenvalue weighted by atomic mass is 35.5. The molecule has 0 aliphatic rings. The Morgan fingerprint density at radius 3 is 0.825 bits per heavy atom. The van der Waals surface area contributed by atoms with Crippen LogP contribution < -0.4 is 9.80 Å². The Labute approximate surface area is 245 Å². The Kier molecular flexibility index (Phi) is 7.54. The van der Waals surface area contributed by atoms with Gasteiger partial charge in [-0.2, -0.15) is 0 Å². The summed E-state index contributed by atoms with van der Waals surface area (Å²) in [5.41, 5.74) is 8.73. The van der Waals surface area contributed by atoms with Crippen LogP contribution in [0.2, 0.25) is 10.0 Å². The van der Waals surface area contributed by atoms with Gasteiger partial charge in [0.15, 0.2) is 0 Å². The molecule has 0 amide bonds. The highest BCUT2D eigenvalue weighted by molar-refractivity contribution is 6.31. The first-order valence-electron chi connectivity index (χ1n) is 13.1. The van der Waals surface area contributed by atoms with Crippen LogP contribution >= 0.6 is 23.2 Å². The SMILES string of the molecule is Clc1ccc(N(c2ccc(Cl)cc2)c2ccc(-c3ccc(N(c4ccccc4)c4ccccc4)cc3)cc2)cc1. The highest BCUT2D eigenvalue weighted by Gasteiger charge is 2.14. The van der Waals surface area contributed by atoms with E-state index in [1.165, 1.54) is 0 Å². The van der Waals surface area contributed by atoms with Crippen LogP contribution in [0.15, 0.2) is 158 Å². The standard InChI is InChI=1S/C36H26Cl2N2/c37-29-15-23-35(24-16-29)40(36-25-17-30(38)18-26-36)34-21-13-28(14-22-34)27-11-19-33(20-12-27)39(31-7-3-1-4-8-31)32-9-5-2-6-10-32/h1-26H. The van der Waals surface area contributed by atoms with Gasteiger partial charge in [0.05, 0.1) is 0 Å². The quantitative estimate of drug-likeness (QED) is 0.193. The molecule has 0 radical (unpaired) electrons. The molecule has 6 aromatic rings. The zero-order valence-electron chi connectivity index (χ0n) is 21.7. The molecule has 0 unspecified atom stereocenters. The van der Waals surface area contributed by atoms with Gasteiger partial charge in [-0.15, -0.1) is 0 Å². The first-order chi connectivity index (χ1) is 19.7. The molecular formula is C36H26Cl2N2. The van der Waals surface area contributed by atoms with Crippen LogP contribution in [0.4, 0.5) is 34.1 Å². The van der Waals surface area contributed by atoms with Gasteiger partial charge < -0.3 is 9.80 Å². The van der Waals surface area contributed by atoms with Gasteiger partial charge >= 0.3 is 0 Å². The van der Waals surface area contributed by atoms with Crippen molar-refractivity contribution in [2.75, 3.05) is 9.80 Å². The minimum absolute atomic E-state index is 0.705. The molecule has 40 heavy (non-hydrogen) atoms. The molecule has 6 rings (SSSR count). The van der Waals surface area contributed by atoms with E-state index in [1.54, 1.807) is 0 Å². The van der Waals surface area contributed by atoms with Crippen molar-refractivity contribution in [2.45, 2.75) is 0 Å². The second kappa shape index (κ2) is 11.7.